The molecule has 0 aromatic rings. The lowest BCUT2D eigenvalue weighted by Crippen LogP contribution is -2.05. The first kappa shape index (κ1) is 17.7. The highest BCUT2D eigenvalue weighted by molar-refractivity contribution is 5.81. The minimum Gasteiger partial charge on any atom is -0.497 e. The van der Waals surface area contributed by atoms with Gasteiger partial charge in [-0.1, -0.05) is 45.9 Å². The fraction of sp³-hybridized carbons (Fsp3) is 0.588. The van der Waals surface area contributed by atoms with Crippen molar-refractivity contribution in [2.45, 2.75) is 59.4 Å². The van der Waals surface area contributed by atoms with E-state index >= 15 is 0 Å². The molecule has 0 saturated carbocycles. The molecular formula is C17H29NO. The lowest BCUT2D eigenvalue weighted by Gasteiger charge is -2.12. The minimum atomic E-state index is 0.216. The van der Waals surface area contributed by atoms with Crippen molar-refractivity contribution in [1.82, 2.24) is 0 Å². The standard InChI is InChI=1S/C17H29NO/c1-7-10-12-16(15(5)19-6)13-17(11-8-2)18-14(4)9-3/h10,12-13,17H,5,7-9,11H2,1-4,6H3/b12-10-,16-13+,18-14?. The molecule has 0 aliphatic rings. The molecule has 0 aliphatic carbocycles. The lowest BCUT2D eigenvalue weighted by molar-refractivity contribution is 0.304. The molecule has 2 heteroatoms. The minimum absolute atomic E-state index is 0.216. The molecule has 0 bridgehead atoms. The van der Waals surface area contributed by atoms with Crippen LogP contribution in [-0.4, -0.2) is 18.9 Å². The summed E-state index contributed by atoms with van der Waals surface area (Å²) >= 11 is 0. The van der Waals surface area contributed by atoms with Gasteiger partial charge in [-0.05, 0) is 32.3 Å². The number of allylic oxidation sites excluding steroid dienone is 2. The number of aliphatic imine (C=N–C) groups is 1. The van der Waals surface area contributed by atoms with E-state index in [1.54, 1.807) is 7.11 Å². The average Bonchev–Trinajstić information content (AvgIpc) is 2.42. The van der Waals surface area contributed by atoms with Crippen LogP contribution in [-0.2, 0) is 4.74 Å². The van der Waals surface area contributed by atoms with E-state index in [1.165, 1.54) is 5.71 Å². The Hall–Kier alpha value is -1.31. The molecular weight excluding hydrogens is 234 g/mol. The fourth-order valence-corrected chi connectivity index (χ4v) is 1.67. The number of methoxy groups -OCH3 is 1. The van der Waals surface area contributed by atoms with Crippen molar-refractivity contribution in [2.24, 2.45) is 4.99 Å². The second kappa shape index (κ2) is 10.6. The Labute approximate surface area is 119 Å². The molecule has 0 radical (unpaired) electrons. The van der Waals surface area contributed by atoms with E-state index in [9.17, 15) is 0 Å². The lowest BCUT2D eigenvalue weighted by atomic mass is 10.1. The van der Waals surface area contributed by atoms with Crippen LogP contribution in [0.25, 0.3) is 0 Å². The maximum Gasteiger partial charge on any atom is 0.118 e. The third-order valence-electron chi connectivity index (χ3n) is 2.96. The van der Waals surface area contributed by atoms with E-state index < -0.39 is 0 Å². The van der Waals surface area contributed by atoms with Gasteiger partial charge in [0.25, 0.3) is 0 Å². The molecule has 0 heterocycles. The zero-order valence-corrected chi connectivity index (χ0v) is 13.2. The highest BCUT2D eigenvalue weighted by Gasteiger charge is 2.06. The first-order valence-corrected chi connectivity index (χ1v) is 7.23. The van der Waals surface area contributed by atoms with Crippen molar-refractivity contribution in [3.05, 3.63) is 36.1 Å². The first-order chi connectivity index (χ1) is 9.08. The van der Waals surface area contributed by atoms with Crippen molar-refractivity contribution < 1.29 is 4.74 Å². The summed E-state index contributed by atoms with van der Waals surface area (Å²) in [6.45, 7) is 12.5. The topological polar surface area (TPSA) is 21.6 Å². The molecule has 0 aromatic heterocycles. The van der Waals surface area contributed by atoms with Crippen LogP contribution in [0.1, 0.15) is 53.4 Å². The molecule has 0 saturated heterocycles. The summed E-state index contributed by atoms with van der Waals surface area (Å²) in [5.74, 6) is 0.704. The highest BCUT2D eigenvalue weighted by atomic mass is 16.5. The molecule has 1 atom stereocenters. The van der Waals surface area contributed by atoms with Gasteiger partial charge >= 0.3 is 0 Å². The van der Waals surface area contributed by atoms with Crippen molar-refractivity contribution in [1.29, 1.82) is 0 Å². The Bertz CT molecular complexity index is 350. The van der Waals surface area contributed by atoms with Crippen molar-refractivity contribution in [2.75, 3.05) is 7.11 Å². The van der Waals surface area contributed by atoms with Gasteiger partial charge in [-0.2, -0.15) is 0 Å². The summed E-state index contributed by atoms with van der Waals surface area (Å²) in [5, 5.41) is 0. The Morgan fingerprint density at radius 3 is 2.47 bits per heavy atom. The molecule has 1 unspecified atom stereocenters. The molecule has 19 heavy (non-hydrogen) atoms. The molecule has 2 nitrogen and oxygen atoms in total. The van der Waals surface area contributed by atoms with Gasteiger partial charge in [-0.25, -0.2) is 0 Å². The van der Waals surface area contributed by atoms with Crippen LogP contribution in [0, 0.1) is 0 Å². The van der Waals surface area contributed by atoms with Crippen LogP contribution in [0.5, 0.6) is 0 Å². The van der Waals surface area contributed by atoms with Crippen LogP contribution < -0.4 is 0 Å². The second-order valence-electron chi connectivity index (χ2n) is 4.63. The monoisotopic (exact) mass is 263 g/mol. The Kier molecular flexibility index (Phi) is 9.87. The molecule has 0 N–H and O–H groups in total. The maximum atomic E-state index is 5.26. The van der Waals surface area contributed by atoms with E-state index in [1.807, 2.05) is 0 Å². The summed E-state index contributed by atoms with van der Waals surface area (Å²) in [4.78, 5) is 4.76. The van der Waals surface area contributed by atoms with Crippen molar-refractivity contribution in [3.8, 4) is 0 Å². The van der Waals surface area contributed by atoms with Crippen LogP contribution >= 0.6 is 0 Å². The maximum absolute atomic E-state index is 5.26. The summed E-state index contributed by atoms with van der Waals surface area (Å²) in [6, 6.07) is 0.216. The predicted octanol–water partition coefficient (Wildman–Crippen LogP) is 5.08. The summed E-state index contributed by atoms with van der Waals surface area (Å²) < 4.78 is 5.26. The summed E-state index contributed by atoms with van der Waals surface area (Å²) in [6.07, 6.45) is 10.5. The summed E-state index contributed by atoms with van der Waals surface area (Å²) in [7, 11) is 1.66. The van der Waals surface area contributed by atoms with Gasteiger partial charge in [0.15, 0.2) is 0 Å². The molecule has 108 valence electrons. The molecule has 0 aliphatic heterocycles. The highest BCUT2D eigenvalue weighted by Crippen LogP contribution is 2.16. The molecule has 0 fully saturated rings. The molecule has 0 spiro atoms. The Balaban J connectivity index is 5.20. The third-order valence-corrected chi connectivity index (χ3v) is 2.96. The Morgan fingerprint density at radius 2 is 2.00 bits per heavy atom. The number of ether oxygens (including phenoxy) is 1. The van der Waals surface area contributed by atoms with Gasteiger partial charge in [-0.15, -0.1) is 0 Å². The largest absolute Gasteiger partial charge is 0.497 e. The zero-order valence-electron chi connectivity index (χ0n) is 13.2. The average molecular weight is 263 g/mol. The van der Waals surface area contributed by atoms with Crippen LogP contribution in [0.4, 0.5) is 0 Å². The van der Waals surface area contributed by atoms with Crippen molar-refractivity contribution in [3.63, 3.8) is 0 Å². The van der Waals surface area contributed by atoms with E-state index in [4.69, 9.17) is 9.73 Å². The van der Waals surface area contributed by atoms with Crippen LogP contribution in [0.3, 0.4) is 0 Å². The second-order valence-corrected chi connectivity index (χ2v) is 4.63. The Morgan fingerprint density at radius 1 is 1.32 bits per heavy atom. The molecule has 0 aromatic carbocycles. The number of hydrogen-bond donors (Lipinski definition) is 0. The van der Waals surface area contributed by atoms with E-state index in [-0.39, 0.29) is 6.04 Å². The van der Waals surface area contributed by atoms with E-state index in [0.717, 1.165) is 31.3 Å². The number of rotatable bonds is 9. The first-order valence-electron chi connectivity index (χ1n) is 7.23. The fourth-order valence-electron chi connectivity index (χ4n) is 1.67. The van der Waals surface area contributed by atoms with Gasteiger partial charge < -0.3 is 4.74 Å². The van der Waals surface area contributed by atoms with Crippen LogP contribution in [0.15, 0.2) is 41.1 Å². The quantitative estimate of drug-likeness (QED) is 0.323. The molecule has 0 rings (SSSR count). The third kappa shape index (κ3) is 7.66. The van der Waals surface area contributed by atoms with Gasteiger partial charge in [-0.3, -0.25) is 4.99 Å². The predicted molar refractivity (Wildman–Crippen MR) is 85.8 cm³/mol. The van der Waals surface area contributed by atoms with Gasteiger partial charge in [0, 0.05) is 11.3 Å². The van der Waals surface area contributed by atoms with Crippen LogP contribution in [0.2, 0.25) is 0 Å². The smallest absolute Gasteiger partial charge is 0.118 e. The van der Waals surface area contributed by atoms with E-state index in [2.05, 4.69) is 52.5 Å². The van der Waals surface area contributed by atoms with Gasteiger partial charge in [0.1, 0.15) is 5.76 Å². The number of nitrogens with zero attached hydrogens (tertiary/aromatic N) is 1. The SMILES string of the molecule is C=C(OC)C(/C=C\CC)=C/C(CCC)N=C(C)CC. The molecule has 0 amide bonds. The number of hydrogen-bond acceptors (Lipinski definition) is 2. The van der Waals surface area contributed by atoms with Gasteiger partial charge in [0.05, 0.1) is 13.2 Å². The normalized spacial score (nSPS) is 14.8. The van der Waals surface area contributed by atoms with E-state index in [0.29, 0.717) is 5.76 Å². The van der Waals surface area contributed by atoms with Crippen molar-refractivity contribution >= 4 is 5.71 Å². The summed E-state index contributed by atoms with van der Waals surface area (Å²) in [5.41, 5.74) is 2.23. The zero-order chi connectivity index (χ0) is 14.7. The van der Waals surface area contributed by atoms with Gasteiger partial charge in [0.2, 0.25) is 0 Å².